The fraction of sp³-hybridized carbons (Fsp3) is 0.333. The third kappa shape index (κ3) is 3.23. The molecule has 1 aromatic carbocycles. The van der Waals surface area contributed by atoms with Gasteiger partial charge in [-0.3, -0.25) is 4.79 Å². The van der Waals surface area contributed by atoms with Crippen LogP contribution in [0.5, 0.6) is 0 Å². The van der Waals surface area contributed by atoms with Crippen molar-refractivity contribution in [2.45, 2.75) is 32.7 Å². The van der Waals surface area contributed by atoms with Gasteiger partial charge in [-0.1, -0.05) is 6.92 Å². The lowest BCUT2D eigenvalue weighted by molar-refractivity contribution is 0.0905. The van der Waals surface area contributed by atoms with Crippen molar-refractivity contribution >= 4 is 5.91 Å². The first-order chi connectivity index (χ1) is 9.41. The Morgan fingerprint density at radius 1 is 1.30 bits per heavy atom. The fourth-order valence-electron chi connectivity index (χ4n) is 1.64. The van der Waals surface area contributed by atoms with Gasteiger partial charge < -0.3 is 5.32 Å². The molecule has 0 atom stereocenters. The lowest BCUT2D eigenvalue weighted by Gasteiger charge is -2.23. The standard InChI is InChI=1S/C15H18FN3O/c1-4-15(2,3)17-14(20)13-9-10-19(18-13)12-7-5-11(16)6-8-12/h5-10H,4H2,1-3H3,(H,17,20). The Morgan fingerprint density at radius 3 is 2.55 bits per heavy atom. The molecule has 0 saturated heterocycles. The molecule has 2 aromatic rings. The van der Waals surface area contributed by atoms with E-state index in [2.05, 4.69) is 10.4 Å². The summed E-state index contributed by atoms with van der Waals surface area (Å²) in [6.45, 7) is 5.93. The van der Waals surface area contributed by atoms with Gasteiger partial charge in [0.15, 0.2) is 5.69 Å². The van der Waals surface area contributed by atoms with E-state index in [1.165, 1.54) is 12.1 Å². The lowest BCUT2D eigenvalue weighted by Crippen LogP contribution is -2.42. The van der Waals surface area contributed by atoms with Crippen molar-refractivity contribution in [1.82, 2.24) is 15.1 Å². The van der Waals surface area contributed by atoms with Crippen molar-refractivity contribution in [2.75, 3.05) is 0 Å². The number of halogens is 1. The first kappa shape index (κ1) is 14.2. The minimum atomic E-state index is -0.302. The van der Waals surface area contributed by atoms with E-state index >= 15 is 0 Å². The van der Waals surface area contributed by atoms with Gasteiger partial charge in [-0.05, 0) is 50.6 Å². The summed E-state index contributed by atoms with van der Waals surface area (Å²) < 4.78 is 14.4. The summed E-state index contributed by atoms with van der Waals surface area (Å²) in [5.74, 6) is -0.513. The molecule has 0 saturated carbocycles. The van der Waals surface area contributed by atoms with Crippen LogP contribution in [0.1, 0.15) is 37.7 Å². The normalized spacial score (nSPS) is 11.4. The van der Waals surface area contributed by atoms with Gasteiger partial charge >= 0.3 is 0 Å². The number of benzene rings is 1. The van der Waals surface area contributed by atoms with E-state index in [-0.39, 0.29) is 17.3 Å². The summed E-state index contributed by atoms with van der Waals surface area (Å²) >= 11 is 0. The van der Waals surface area contributed by atoms with Crippen molar-refractivity contribution in [3.63, 3.8) is 0 Å². The maximum atomic E-state index is 12.9. The fourth-order valence-corrected chi connectivity index (χ4v) is 1.64. The summed E-state index contributed by atoms with van der Waals surface area (Å²) in [6.07, 6.45) is 2.51. The van der Waals surface area contributed by atoms with Crippen LogP contribution >= 0.6 is 0 Å². The third-order valence-electron chi connectivity index (χ3n) is 3.25. The van der Waals surface area contributed by atoms with E-state index in [1.54, 1.807) is 29.1 Å². The molecule has 1 aromatic heterocycles. The summed E-state index contributed by atoms with van der Waals surface area (Å²) in [5.41, 5.74) is 0.785. The highest BCUT2D eigenvalue weighted by atomic mass is 19.1. The monoisotopic (exact) mass is 275 g/mol. The van der Waals surface area contributed by atoms with Crippen LogP contribution in [-0.2, 0) is 0 Å². The first-order valence-electron chi connectivity index (χ1n) is 6.55. The number of nitrogens with zero attached hydrogens (tertiary/aromatic N) is 2. The lowest BCUT2D eigenvalue weighted by atomic mass is 10.0. The Bertz CT molecular complexity index is 602. The van der Waals surface area contributed by atoms with E-state index in [9.17, 15) is 9.18 Å². The number of amides is 1. The van der Waals surface area contributed by atoms with E-state index in [1.807, 2.05) is 20.8 Å². The number of carbonyl (C=O) groups is 1. The Hall–Kier alpha value is -2.17. The molecule has 1 heterocycles. The summed E-state index contributed by atoms with van der Waals surface area (Å²) in [6, 6.07) is 7.58. The number of hydrogen-bond donors (Lipinski definition) is 1. The highest BCUT2D eigenvalue weighted by molar-refractivity contribution is 5.92. The Morgan fingerprint density at radius 2 is 1.95 bits per heavy atom. The van der Waals surface area contributed by atoms with Crippen LogP contribution in [0.15, 0.2) is 36.5 Å². The molecule has 0 radical (unpaired) electrons. The van der Waals surface area contributed by atoms with Crippen LogP contribution in [0.2, 0.25) is 0 Å². The smallest absolute Gasteiger partial charge is 0.272 e. The van der Waals surface area contributed by atoms with Gasteiger partial charge in [0, 0.05) is 11.7 Å². The van der Waals surface area contributed by atoms with Gasteiger partial charge in [-0.2, -0.15) is 5.10 Å². The van der Waals surface area contributed by atoms with Crippen molar-refractivity contribution in [2.24, 2.45) is 0 Å². The second kappa shape index (κ2) is 5.45. The molecule has 0 aliphatic heterocycles. The SMILES string of the molecule is CCC(C)(C)NC(=O)c1ccn(-c2ccc(F)cc2)n1. The van der Waals surface area contributed by atoms with Gasteiger partial charge in [0.2, 0.25) is 0 Å². The maximum Gasteiger partial charge on any atom is 0.272 e. The highest BCUT2D eigenvalue weighted by Crippen LogP contribution is 2.11. The second-order valence-electron chi connectivity index (χ2n) is 5.31. The number of hydrogen-bond acceptors (Lipinski definition) is 2. The molecule has 0 aliphatic rings. The molecular weight excluding hydrogens is 257 g/mol. The topological polar surface area (TPSA) is 46.9 Å². The second-order valence-corrected chi connectivity index (χ2v) is 5.31. The molecule has 1 amide bonds. The molecule has 106 valence electrons. The van der Waals surface area contributed by atoms with Crippen molar-refractivity contribution < 1.29 is 9.18 Å². The van der Waals surface area contributed by atoms with Gasteiger partial charge in [0.1, 0.15) is 5.82 Å². The molecule has 4 nitrogen and oxygen atoms in total. The van der Waals surface area contributed by atoms with Crippen LogP contribution < -0.4 is 5.32 Å². The zero-order valence-corrected chi connectivity index (χ0v) is 11.9. The van der Waals surface area contributed by atoms with Crippen molar-refractivity contribution in [3.05, 3.63) is 48.0 Å². The molecule has 0 bridgehead atoms. The summed E-state index contributed by atoms with van der Waals surface area (Å²) in [4.78, 5) is 12.1. The Kier molecular flexibility index (Phi) is 3.88. The number of aromatic nitrogens is 2. The maximum absolute atomic E-state index is 12.9. The van der Waals surface area contributed by atoms with Crippen LogP contribution in [-0.4, -0.2) is 21.2 Å². The van der Waals surface area contributed by atoms with Crippen LogP contribution in [0, 0.1) is 5.82 Å². The predicted molar refractivity (Wildman–Crippen MR) is 75.4 cm³/mol. The number of nitrogens with one attached hydrogen (secondary N) is 1. The van der Waals surface area contributed by atoms with Gasteiger partial charge in [-0.25, -0.2) is 9.07 Å². The van der Waals surface area contributed by atoms with Gasteiger partial charge in [0.25, 0.3) is 5.91 Å². The Labute approximate surface area is 117 Å². The zero-order valence-electron chi connectivity index (χ0n) is 11.9. The average Bonchev–Trinajstić information content (AvgIpc) is 2.89. The van der Waals surface area contributed by atoms with Crippen LogP contribution in [0.4, 0.5) is 4.39 Å². The van der Waals surface area contributed by atoms with E-state index < -0.39 is 0 Å². The highest BCUT2D eigenvalue weighted by Gasteiger charge is 2.20. The molecular formula is C15H18FN3O. The van der Waals surface area contributed by atoms with Crippen LogP contribution in [0.3, 0.4) is 0 Å². The predicted octanol–water partition coefficient (Wildman–Crippen LogP) is 2.93. The van der Waals surface area contributed by atoms with Gasteiger partial charge in [-0.15, -0.1) is 0 Å². The van der Waals surface area contributed by atoms with E-state index in [4.69, 9.17) is 0 Å². The number of rotatable bonds is 4. The molecule has 2 rings (SSSR count). The molecule has 0 spiro atoms. The van der Waals surface area contributed by atoms with E-state index in [0.29, 0.717) is 11.4 Å². The average molecular weight is 275 g/mol. The Balaban J connectivity index is 2.17. The molecule has 20 heavy (non-hydrogen) atoms. The zero-order chi connectivity index (χ0) is 14.8. The number of carbonyl (C=O) groups excluding carboxylic acids is 1. The largest absolute Gasteiger partial charge is 0.346 e. The molecule has 0 aliphatic carbocycles. The molecule has 0 unspecified atom stereocenters. The van der Waals surface area contributed by atoms with Crippen molar-refractivity contribution in [1.29, 1.82) is 0 Å². The van der Waals surface area contributed by atoms with E-state index in [0.717, 1.165) is 6.42 Å². The summed E-state index contributed by atoms with van der Waals surface area (Å²) in [5, 5.41) is 7.13. The van der Waals surface area contributed by atoms with Crippen molar-refractivity contribution in [3.8, 4) is 5.69 Å². The quantitative estimate of drug-likeness (QED) is 0.932. The molecule has 5 heteroatoms. The minimum Gasteiger partial charge on any atom is -0.346 e. The minimum absolute atomic E-state index is 0.210. The van der Waals surface area contributed by atoms with Gasteiger partial charge in [0.05, 0.1) is 5.69 Å². The third-order valence-corrected chi connectivity index (χ3v) is 3.25. The summed E-state index contributed by atoms with van der Waals surface area (Å²) in [7, 11) is 0. The van der Waals surface area contributed by atoms with Crippen LogP contribution in [0.25, 0.3) is 5.69 Å². The molecule has 0 fully saturated rings. The first-order valence-corrected chi connectivity index (χ1v) is 6.55. The molecule has 1 N–H and O–H groups in total.